The number of amides is 1. The second-order valence-electron chi connectivity index (χ2n) is 6.15. The van der Waals surface area contributed by atoms with E-state index in [0.717, 1.165) is 16.9 Å². The lowest BCUT2D eigenvalue weighted by molar-refractivity contribution is 0.0746. The van der Waals surface area contributed by atoms with Crippen molar-refractivity contribution in [3.8, 4) is 0 Å². The summed E-state index contributed by atoms with van der Waals surface area (Å²) >= 11 is 5.91. The average Bonchev–Trinajstić information content (AvgIpc) is 2.68. The van der Waals surface area contributed by atoms with Crippen molar-refractivity contribution < 1.29 is 4.79 Å². The van der Waals surface area contributed by atoms with Crippen LogP contribution in [0.1, 0.15) is 28.7 Å². The molecule has 3 aromatic rings. The molecule has 0 aliphatic rings. The highest BCUT2D eigenvalue weighted by atomic mass is 35.5. The first-order chi connectivity index (χ1) is 13.0. The van der Waals surface area contributed by atoms with Gasteiger partial charge in [0.25, 0.3) is 5.91 Å². The monoisotopic (exact) mass is 380 g/mol. The number of nitrogens with one attached hydrogen (secondary N) is 1. The van der Waals surface area contributed by atoms with Gasteiger partial charge in [0.1, 0.15) is 5.69 Å². The number of carbonyl (C=O) groups is 1. The Morgan fingerprint density at radius 1 is 1.07 bits per heavy atom. The molecule has 0 fully saturated rings. The number of benzene rings is 2. The van der Waals surface area contributed by atoms with Crippen LogP contribution in [0.15, 0.2) is 60.7 Å². The van der Waals surface area contributed by atoms with E-state index in [-0.39, 0.29) is 5.91 Å². The van der Waals surface area contributed by atoms with Gasteiger partial charge >= 0.3 is 0 Å². The molecule has 0 saturated carbocycles. The Kier molecular flexibility index (Phi) is 6.04. The summed E-state index contributed by atoms with van der Waals surface area (Å²) in [6, 6.07) is 18.9. The zero-order chi connectivity index (χ0) is 19.2. The number of nitrogens with zero attached hydrogens (tertiary/aromatic N) is 3. The van der Waals surface area contributed by atoms with Gasteiger partial charge in [0.2, 0.25) is 5.95 Å². The Morgan fingerprint density at radius 3 is 2.44 bits per heavy atom. The van der Waals surface area contributed by atoms with Crippen LogP contribution < -0.4 is 5.32 Å². The Bertz CT molecular complexity index is 913. The molecule has 6 heteroatoms. The molecular weight excluding hydrogens is 360 g/mol. The van der Waals surface area contributed by atoms with Gasteiger partial charge in [-0.3, -0.25) is 4.79 Å². The van der Waals surface area contributed by atoms with Gasteiger partial charge in [0.05, 0.1) is 0 Å². The third-order valence-electron chi connectivity index (χ3n) is 4.06. The van der Waals surface area contributed by atoms with Crippen molar-refractivity contribution in [1.82, 2.24) is 14.9 Å². The zero-order valence-corrected chi connectivity index (χ0v) is 16.1. The van der Waals surface area contributed by atoms with E-state index < -0.39 is 0 Å². The van der Waals surface area contributed by atoms with E-state index >= 15 is 0 Å². The number of hydrogen-bond donors (Lipinski definition) is 1. The molecule has 0 aliphatic heterocycles. The van der Waals surface area contributed by atoms with Crippen molar-refractivity contribution in [2.75, 3.05) is 11.9 Å². The molecule has 1 amide bonds. The summed E-state index contributed by atoms with van der Waals surface area (Å²) in [4.78, 5) is 23.5. The summed E-state index contributed by atoms with van der Waals surface area (Å²) in [5, 5.41) is 3.78. The Labute approximate surface area is 164 Å². The fraction of sp³-hybridized carbons (Fsp3) is 0.190. The number of hydrogen-bond acceptors (Lipinski definition) is 4. The highest BCUT2D eigenvalue weighted by molar-refractivity contribution is 6.30. The minimum Gasteiger partial charge on any atom is -0.333 e. The van der Waals surface area contributed by atoms with Crippen molar-refractivity contribution in [2.45, 2.75) is 20.4 Å². The lowest BCUT2D eigenvalue weighted by Crippen LogP contribution is -2.31. The highest BCUT2D eigenvalue weighted by Gasteiger charge is 2.17. The van der Waals surface area contributed by atoms with Gasteiger partial charge in [0.15, 0.2) is 0 Å². The third kappa shape index (κ3) is 5.05. The van der Waals surface area contributed by atoms with Crippen molar-refractivity contribution in [3.05, 3.63) is 82.6 Å². The predicted molar refractivity (Wildman–Crippen MR) is 108 cm³/mol. The summed E-state index contributed by atoms with van der Waals surface area (Å²) in [6.45, 7) is 4.94. The lowest BCUT2D eigenvalue weighted by Gasteiger charge is -2.21. The number of anilines is 2. The van der Waals surface area contributed by atoms with Crippen LogP contribution in [0.3, 0.4) is 0 Å². The molecule has 0 saturated heterocycles. The molecule has 0 aliphatic carbocycles. The molecular formula is C21H21ClN4O. The van der Waals surface area contributed by atoms with Gasteiger partial charge in [-0.05, 0) is 49.7 Å². The first kappa shape index (κ1) is 18.9. The highest BCUT2D eigenvalue weighted by Crippen LogP contribution is 2.18. The second-order valence-corrected chi connectivity index (χ2v) is 6.59. The molecule has 5 nitrogen and oxygen atoms in total. The molecule has 0 atom stereocenters. The van der Waals surface area contributed by atoms with Crippen LogP contribution in [0.25, 0.3) is 0 Å². The van der Waals surface area contributed by atoms with Gasteiger partial charge in [-0.1, -0.05) is 41.9 Å². The molecule has 0 radical (unpaired) electrons. The van der Waals surface area contributed by atoms with Crippen LogP contribution in [0.4, 0.5) is 11.6 Å². The van der Waals surface area contributed by atoms with Gasteiger partial charge in [0, 0.05) is 29.5 Å². The Morgan fingerprint density at radius 2 is 1.78 bits per heavy atom. The van der Waals surface area contributed by atoms with Gasteiger partial charge in [-0.15, -0.1) is 0 Å². The Hall–Kier alpha value is -2.92. The maximum absolute atomic E-state index is 13.0. The average molecular weight is 381 g/mol. The van der Waals surface area contributed by atoms with Crippen LogP contribution >= 0.6 is 11.6 Å². The maximum atomic E-state index is 13.0. The van der Waals surface area contributed by atoms with Crippen molar-refractivity contribution >= 4 is 29.1 Å². The Balaban J connectivity index is 1.81. The van der Waals surface area contributed by atoms with Crippen LogP contribution in [-0.2, 0) is 6.54 Å². The zero-order valence-electron chi connectivity index (χ0n) is 15.3. The van der Waals surface area contributed by atoms with Gasteiger partial charge in [-0.2, -0.15) is 0 Å². The minimum absolute atomic E-state index is 0.119. The van der Waals surface area contributed by atoms with E-state index in [0.29, 0.717) is 29.8 Å². The van der Waals surface area contributed by atoms with Crippen molar-refractivity contribution in [2.24, 2.45) is 0 Å². The van der Waals surface area contributed by atoms with E-state index in [1.165, 1.54) is 0 Å². The summed E-state index contributed by atoms with van der Waals surface area (Å²) in [6.07, 6.45) is 0. The number of rotatable bonds is 6. The summed E-state index contributed by atoms with van der Waals surface area (Å²) in [5.74, 6) is 0.266. The van der Waals surface area contributed by atoms with Crippen LogP contribution in [0.5, 0.6) is 0 Å². The molecule has 3 rings (SSSR count). The number of aromatic nitrogens is 2. The van der Waals surface area contributed by atoms with E-state index in [1.807, 2.05) is 56.3 Å². The predicted octanol–water partition coefficient (Wildman–Crippen LogP) is 4.84. The first-order valence-electron chi connectivity index (χ1n) is 8.76. The maximum Gasteiger partial charge on any atom is 0.272 e. The van der Waals surface area contributed by atoms with Gasteiger partial charge in [-0.25, -0.2) is 9.97 Å². The number of carbonyl (C=O) groups excluding carboxylic acids is 1. The molecule has 138 valence electrons. The third-order valence-corrected chi connectivity index (χ3v) is 4.31. The quantitative estimate of drug-likeness (QED) is 0.664. The van der Waals surface area contributed by atoms with Crippen LogP contribution in [0.2, 0.25) is 5.02 Å². The lowest BCUT2D eigenvalue weighted by atomic mass is 10.2. The number of halogens is 1. The first-order valence-corrected chi connectivity index (χ1v) is 9.14. The van der Waals surface area contributed by atoms with Crippen molar-refractivity contribution in [3.63, 3.8) is 0 Å². The van der Waals surface area contributed by atoms with Crippen LogP contribution in [-0.4, -0.2) is 27.3 Å². The largest absolute Gasteiger partial charge is 0.333 e. The fourth-order valence-corrected chi connectivity index (χ4v) is 2.82. The standard InChI is InChI=1S/C21H21ClN4O/c1-3-26(14-16-7-5-4-6-8-16)20(27)19-13-15(2)23-21(25-19)24-18-11-9-17(22)10-12-18/h4-13H,3,14H2,1-2H3,(H,23,24,25). The normalized spacial score (nSPS) is 10.5. The fourth-order valence-electron chi connectivity index (χ4n) is 2.69. The minimum atomic E-state index is -0.119. The molecule has 0 bridgehead atoms. The molecule has 1 aromatic heterocycles. The van der Waals surface area contributed by atoms with Crippen molar-refractivity contribution in [1.29, 1.82) is 0 Å². The molecule has 2 aromatic carbocycles. The van der Waals surface area contributed by atoms with E-state index in [9.17, 15) is 4.79 Å². The summed E-state index contributed by atoms with van der Waals surface area (Å²) in [7, 11) is 0. The molecule has 0 unspecified atom stereocenters. The molecule has 27 heavy (non-hydrogen) atoms. The van der Waals surface area contributed by atoms with Crippen LogP contribution in [0, 0.1) is 6.92 Å². The van der Waals surface area contributed by atoms with E-state index in [2.05, 4.69) is 15.3 Å². The summed E-state index contributed by atoms with van der Waals surface area (Å²) < 4.78 is 0. The number of aryl methyl sites for hydroxylation is 1. The topological polar surface area (TPSA) is 58.1 Å². The summed E-state index contributed by atoms with van der Waals surface area (Å²) in [5.41, 5.74) is 2.98. The van der Waals surface area contributed by atoms with E-state index in [1.54, 1.807) is 23.1 Å². The molecule has 1 heterocycles. The molecule has 0 spiro atoms. The van der Waals surface area contributed by atoms with E-state index in [4.69, 9.17) is 11.6 Å². The second kappa shape index (κ2) is 8.64. The SMILES string of the molecule is CCN(Cc1ccccc1)C(=O)c1cc(C)nc(Nc2ccc(Cl)cc2)n1. The molecule has 1 N–H and O–H groups in total. The van der Waals surface area contributed by atoms with Gasteiger partial charge < -0.3 is 10.2 Å². The smallest absolute Gasteiger partial charge is 0.272 e.